The van der Waals surface area contributed by atoms with Crippen LogP contribution in [-0.4, -0.2) is 29.0 Å². The summed E-state index contributed by atoms with van der Waals surface area (Å²) >= 11 is 0. The summed E-state index contributed by atoms with van der Waals surface area (Å²) < 4.78 is 5.30. The summed E-state index contributed by atoms with van der Waals surface area (Å²) in [5.41, 5.74) is 7.43. The molecule has 1 aromatic heterocycles. The molecular weight excluding hydrogens is 408 g/mol. The van der Waals surface area contributed by atoms with Crippen molar-refractivity contribution in [3.63, 3.8) is 0 Å². The Hall–Kier alpha value is -3.81. The van der Waals surface area contributed by atoms with E-state index in [1.165, 1.54) is 16.7 Å². The first-order chi connectivity index (χ1) is 15.4. The Labute approximate surface area is 183 Å². The van der Waals surface area contributed by atoms with Gasteiger partial charge in [-0.3, -0.25) is 14.6 Å². The van der Waals surface area contributed by atoms with Gasteiger partial charge in [-0.1, -0.05) is 36.4 Å². The van der Waals surface area contributed by atoms with Gasteiger partial charge in [-0.05, 0) is 53.5 Å². The van der Waals surface area contributed by atoms with Crippen molar-refractivity contribution in [2.24, 2.45) is 5.41 Å². The molecule has 1 heterocycles. The van der Waals surface area contributed by atoms with Crippen molar-refractivity contribution >= 4 is 11.6 Å². The van der Waals surface area contributed by atoms with Crippen molar-refractivity contribution in [1.29, 1.82) is 0 Å². The number of ether oxygens (including phenoxy) is 1. The van der Waals surface area contributed by atoms with Crippen molar-refractivity contribution < 1.29 is 9.53 Å². The third kappa shape index (κ3) is 3.37. The molecule has 5 rings (SSSR count). The smallest absolute Gasteiger partial charge is 0.326 e. The number of methoxy groups -OCH3 is 1. The summed E-state index contributed by atoms with van der Waals surface area (Å²) in [5.74, 6) is 0.484. The average molecular weight is 432 g/mol. The number of nitrogens with two attached hydrogens (primary N) is 1. The molecular formula is C24H24N4O4. The molecule has 0 saturated heterocycles. The van der Waals surface area contributed by atoms with Crippen LogP contribution < -0.4 is 27.0 Å². The molecule has 0 unspecified atom stereocenters. The maximum atomic E-state index is 12.8. The van der Waals surface area contributed by atoms with E-state index in [0.29, 0.717) is 0 Å². The number of benzene rings is 2. The number of hydrogen-bond acceptors (Lipinski definition) is 5. The molecule has 0 aliphatic heterocycles. The fraction of sp³-hybridized carbons (Fsp3) is 0.292. The lowest BCUT2D eigenvalue weighted by Crippen LogP contribution is -2.37. The van der Waals surface area contributed by atoms with Crippen LogP contribution in [0.2, 0.25) is 0 Å². The zero-order valence-electron chi connectivity index (χ0n) is 17.6. The molecule has 164 valence electrons. The summed E-state index contributed by atoms with van der Waals surface area (Å²) in [4.78, 5) is 40.5. The van der Waals surface area contributed by atoms with Gasteiger partial charge in [-0.25, -0.2) is 4.79 Å². The number of carbonyl (C=O) groups excluding carboxylic acids is 1. The summed E-state index contributed by atoms with van der Waals surface area (Å²) in [6.07, 6.45) is 2.58. The molecule has 2 aliphatic rings. The fourth-order valence-electron chi connectivity index (χ4n) is 5.01. The normalized spacial score (nSPS) is 23.4. The van der Waals surface area contributed by atoms with Gasteiger partial charge < -0.3 is 20.8 Å². The van der Waals surface area contributed by atoms with Crippen LogP contribution in [0.25, 0.3) is 0 Å². The van der Waals surface area contributed by atoms with Crippen LogP contribution in [0.3, 0.4) is 0 Å². The molecule has 1 fully saturated rings. The number of rotatable bonds is 4. The van der Waals surface area contributed by atoms with Gasteiger partial charge in [-0.15, -0.1) is 0 Å². The van der Waals surface area contributed by atoms with Crippen LogP contribution in [0.4, 0.5) is 5.69 Å². The highest BCUT2D eigenvalue weighted by atomic mass is 16.5. The number of anilines is 1. The monoisotopic (exact) mass is 432 g/mol. The molecule has 3 atom stereocenters. The molecule has 5 N–H and O–H groups in total. The second kappa shape index (κ2) is 7.40. The first-order valence-electron chi connectivity index (χ1n) is 10.5. The van der Waals surface area contributed by atoms with Gasteiger partial charge in [0.15, 0.2) is 0 Å². The van der Waals surface area contributed by atoms with Crippen molar-refractivity contribution in [2.75, 3.05) is 12.8 Å². The number of amides is 1. The van der Waals surface area contributed by atoms with Crippen LogP contribution in [0.5, 0.6) is 5.75 Å². The third-order valence-electron chi connectivity index (χ3n) is 6.80. The number of carbonyl (C=O) groups is 1. The average Bonchev–Trinajstić information content (AvgIpc) is 3.45. The van der Waals surface area contributed by atoms with E-state index in [2.05, 4.69) is 40.6 Å². The van der Waals surface area contributed by atoms with E-state index >= 15 is 0 Å². The van der Waals surface area contributed by atoms with E-state index in [-0.39, 0.29) is 28.8 Å². The van der Waals surface area contributed by atoms with Gasteiger partial charge in [0.2, 0.25) is 0 Å². The van der Waals surface area contributed by atoms with Crippen molar-refractivity contribution in [3.05, 3.63) is 91.8 Å². The van der Waals surface area contributed by atoms with Gasteiger partial charge in [-0.2, -0.15) is 0 Å². The summed E-state index contributed by atoms with van der Waals surface area (Å²) in [6, 6.07) is 16.5. The van der Waals surface area contributed by atoms with Gasteiger partial charge in [0, 0.05) is 12.0 Å². The Morgan fingerprint density at radius 3 is 2.59 bits per heavy atom. The fourth-order valence-corrected chi connectivity index (χ4v) is 5.01. The largest absolute Gasteiger partial charge is 0.497 e. The Morgan fingerprint density at radius 2 is 1.84 bits per heavy atom. The molecule has 2 aromatic carbocycles. The van der Waals surface area contributed by atoms with Crippen molar-refractivity contribution in [2.45, 2.75) is 31.2 Å². The standard InChI is InChI=1S/C24H24N4O4/c1-32-15-8-6-13(7-9-15)17-11-24(10-14-4-2-3-5-16(14)17)12-18(24)26-22(30)20-19(25)21(29)28-23(31)27-20/h2-9,17-18H,10-12,25H2,1H3,(H,26,30)(H2,27,28,29,31)/t17-,18+,24-/m0/s1. The molecule has 1 spiro atoms. The van der Waals surface area contributed by atoms with Crippen LogP contribution in [0, 0.1) is 5.41 Å². The predicted molar refractivity (Wildman–Crippen MR) is 120 cm³/mol. The molecule has 1 amide bonds. The molecule has 8 heteroatoms. The highest BCUT2D eigenvalue weighted by Gasteiger charge is 2.57. The third-order valence-corrected chi connectivity index (χ3v) is 6.80. The first-order valence-corrected chi connectivity index (χ1v) is 10.5. The van der Waals surface area contributed by atoms with Crippen molar-refractivity contribution in [3.8, 4) is 5.75 Å². The minimum absolute atomic E-state index is 0.0636. The lowest BCUT2D eigenvalue weighted by atomic mass is 9.72. The van der Waals surface area contributed by atoms with Gasteiger partial charge >= 0.3 is 5.69 Å². The van der Waals surface area contributed by atoms with Crippen LogP contribution in [-0.2, 0) is 6.42 Å². The van der Waals surface area contributed by atoms with E-state index in [1.807, 2.05) is 23.2 Å². The SMILES string of the molecule is COc1ccc([C@@H]2C[C@@]3(Cc4ccccc42)C[C@H]3NC(=O)c2[nH]c(=O)[nH]c(=O)c2N)cc1. The molecule has 0 radical (unpaired) electrons. The number of hydrogen-bond donors (Lipinski definition) is 4. The Bertz CT molecular complexity index is 1310. The number of H-pyrrole nitrogens is 2. The number of nitrogens with one attached hydrogen (secondary N) is 3. The minimum Gasteiger partial charge on any atom is -0.497 e. The van der Waals surface area contributed by atoms with Gasteiger partial charge in [0.25, 0.3) is 11.5 Å². The quantitative estimate of drug-likeness (QED) is 0.500. The molecule has 2 aliphatic carbocycles. The maximum absolute atomic E-state index is 12.8. The van der Waals surface area contributed by atoms with E-state index in [0.717, 1.165) is 25.0 Å². The molecule has 0 bridgehead atoms. The maximum Gasteiger partial charge on any atom is 0.326 e. The Kier molecular flexibility index (Phi) is 4.65. The topological polar surface area (TPSA) is 130 Å². The van der Waals surface area contributed by atoms with E-state index in [4.69, 9.17) is 10.5 Å². The summed E-state index contributed by atoms with van der Waals surface area (Å²) in [5, 5.41) is 2.99. The molecule has 3 aromatic rings. The zero-order chi connectivity index (χ0) is 22.5. The van der Waals surface area contributed by atoms with Crippen LogP contribution >= 0.6 is 0 Å². The molecule has 8 nitrogen and oxygen atoms in total. The van der Waals surface area contributed by atoms with E-state index in [1.54, 1.807) is 7.11 Å². The van der Waals surface area contributed by atoms with Gasteiger partial charge in [0.05, 0.1) is 7.11 Å². The second-order valence-corrected chi connectivity index (χ2v) is 8.69. The zero-order valence-corrected chi connectivity index (χ0v) is 17.6. The number of fused-ring (bicyclic) bond motifs is 1. The van der Waals surface area contributed by atoms with Gasteiger partial charge in [0.1, 0.15) is 17.1 Å². The summed E-state index contributed by atoms with van der Waals surface area (Å²) in [7, 11) is 1.65. The van der Waals surface area contributed by atoms with Crippen LogP contribution in [0.15, 0.2) is 58.1 Å². The number of aromatic nitrogens is 2. The van der Waals surface area contributed by atoms with Crippen LogP contribution in [0.1, 0.15) is 45.9 Å². The molecule has 1 saturated carbocycles. The lowest BCUT2D eigenvalue weighted by Gasteiger charge is -2.33. The second-order valence-electron chi connectivity index (χ2n) is 8.69. The molecule has 32 heavy (non-hydrogen) atoms. The van der Waals surface area contributed by atoms with Crippen molar-refractivity contribution in [1.82, 2.24) is 15.3 Å². The summed E-state index contributed by atoms with van der Waals surface area (Å²) in [6.45, 7) is 0. The van der Waals surface area contributed by atoms with E-state index in [9.17, 15) is 14.4 Å². The van der Waals surface area contributed by atoms with E-state index < -0.39 is 17.2 Å². The number of aromatic amines is 2. The predicted octanol–water partition coefficient (Wildman–Crippen LogP) is 1.92. The Balaban J connectivity index is 1.42. The number of nitrogen functional groups attached to an aromatic ring is 1. The highest BCUT2D eigenvalue weighted by molar-refractivity contribution is 5.97. The Morgan fingerprint density at radius 1 is 1.09 bits per heavy atom. The first kappa shape index (κ1) is 20.1. The highest BCUT2D eigenvalue weighted by Crippen LogP contribution is 2.59. The lowest BCUT2D eigenvalue weighted by molar-refractivity contribution is 0.0939. The minimum atomic E-state index is -0.768.